The highest BCUT2D eigenvalue weighted by atomic mass is 31.2. The van der Waals surface area contributed by atoms with Gasteiger partial charge in [0.1, 0.15) is 0 Å². The summed E-state index contributed by atoms with van der Waals surface area (Å²) in [4.78, 5) is 0. The summed E-state index contributed by atoms with van der Waals surface area (Å²) in [5, 5.41) is 0. The third-order valence-electron chi connectivity index (χ3n) is 20.9. The van der Waals surface area contributed by atoms with Crippen molar-refractivity contribution in [3.63, 3.8) is 0 Å². The summed E-state index contributed by atoms with van der Waals surface area (Å²) in [5.74, 6) is 0. The van der Waals surface area contributed by atoms with E-state index in [2.05, 4.69) is 41.5 Å². The van der Waals surface area contributed by atoms with Gasteiger partial charge in [-0.1, -0.05) is 465 Å². The van der Waals surface area contributed by atoms with Gasteiger partial charge in [0, 0.05) is 37.0 Å². The quantitative estimate of drug-likeness (QED) is 0.0327. The van der Waals surface area contributed by atoms with Crippen molar-refractivity contribution in [2.24, 2.45) is 0 Å². The van der Waals surface area contributed by atoms with Crippen LogP contribution in [0.15, 0.2) is 0 Å². The highest BCUT2D eigenvalue weighted by Gasteiger charge is 2.35. The highest BCUT2D eigenvalue weighted by Crippen LogP contribution is 2.56. The Morgan fingerprint density at radius 2 is 0.195 bits per heavy atom. The van der Waals surface area contributed by atoms with Gasteiger partial charge in [0.25, 0.3) is 0 Å². The van der Waals surface area contributed by atoms with Gasteiger partial charge >= 0.3 is 0 Å². The van der Waals surface area contributed by atoms with Crippen molar-refractivity contribution in [3.05, 3.63) is 0 Å². The van der Waals surface area contributed by atoms with Gasteiger partial charge in [-0.05, 0) is 38.5 Å². The smallest absolute Gasteiger partial charge is 0.176 e. The summed E-state index contributed by atoms with van der Waals surface area (Å²) in [6.07, 6.45) is 115. The van der Waals surface area contributed by atoms with Crippen molar-refractivity contribution >= 4 is 14.1 Å². The van der Waals surface area contributed by atoms with E-state index in [-0.39, 0.29) is 0 Å². The van der Waals surface area contributed by atoms with Crippen LogP contribution >= 0.6 is 14.1 Å². The fraction of sp³-hybridized carbons (Fsp3) is 1.00. The Labute approximate surface area is 555 Å². The molecule has 0 aliphatic rings. The molecule has 0 aromatic carbocycles. The van der Waals surface area contributed by atoms with Crippen LogP contribution in [0, 0.1) is 0 Å². The fourth-order valence-corrected chi connectivity index (χ4v) is 26.4. The molecule has 0 rings (SSSR count). The molecule has 0 aliphatic carbocycles. The number of nitrogens with zero attached hydrogens (tertiary/aromatic N) is 1. The maximum atomic E-state index is 7.09. The molecule has 0 heterocycles. The number of hydrogen-bond donors (Lipinski definition) is 0. The van der Waals surface area contributed by atoms with E-state index >= 15 is 0 Å². The molecule has 0 saturated heterocycles. The van der Waals surface area contributed by atoms with E-state index < -0.39 is 14.1 Å². The van der Waals surface area contributed by atoms with Gasteiger partial charge in [-0.2, -0.15) is 4.17 Å². The maximum Gasteiger partial charge on any atom is 0.216 e. The molecule has 0 saturated carbocycles. The zero-order chi connectivity index (χ0) is 62.9. The van der Waals surface area contributed by atoms with Crippen molar-refractivity contribution in [3.8, 4) is 0 Å². The van der Waals surface area contributed by atoms with E-state index in [1.54, 1.807) is 0 Å². The normalized spacial score (nSPS) is 12.1. The Kier molecular flexibility index (Phi) is 76.1. The first-order valence-electron chi connectivity index (χ1n) is 42.5. The molecule has 0 bridgehead atoms. The van der Waals surface area contributed by atoms with Crippen LogP contribution in [0.2, 0.25) is 0 Å². The predicted molar refractivity (Wildman–Crippen MR) is 412 cm³/mol. The monoisotopic (exact) mass is 1260 g/mol. The maximum absolute atomic E-state index is 7.09. The average Bonchev–Trinajstić information content (AvgIpc) is 3.58. The molecule has 0 aromatic rings. The minimum atomic E-state index is -1.44. The number of rotatable bonds is 78. The molecule has 1 nitrogen and oxygen atoms in total. The minimum Gasteiger partial charge on any atom is -0.176 e. The molecule has 0 aliphatic heterocycles. The molecule has 3 heteroatoms. The van der Waals surface area contributed by atoms with E-state index in [0.29, 0.717) is 0 Å². The Morgan fingerprint density at radius 1 is 0.115 bits per heavy atom. The first-order valence-corrected chi connectivity index (χ1v) is 47.1. The summed E-state index contributed by atoms with van der Waals surface area (Å²) in [5.41, 5.74) is 0. The summed E-state index contributed by atoms with van der Waals surface area (Å²) in [7, 11) is -2.87. The fourth-order valence-electron chi connectivity index (χ4n) is 14.8. The molecule has 0 N–H and O–H groups in total. The van der Waals surface area contributed by atoms with Crippen molar-refractivity contribution < 1.29 is 0 Å². The van der Waals surface area contributed by atoms with Crippen LogP contribution in [-0.4, -0.2) is 37.0 Å². The molecule has 87 heavy (non-hydrogen) atoms. The second-order valence-electron chi connectivity index (χ2n) is 30.0. The molecular weight excluding hydrogens is 1080 g/mol. The molecule has 524 valence electrons. The SMILES string of the molecule is CCCCCCCCCCCCCCP(CCCCCCCCCCCCCC)(CCCCCCCCCCCCCC)=[N+]=P(CCCCCCCCCCCCCC)(CCCCCCCCCCCCCC)CCCCCCCCCCCCCC. The molecule has 0 amide bonds. The summed E-state index contributed by atoms with van der Waals surface area (Å²) in [6, 6.07) is 0. The highest BCUT2D eigenvalue weighted by molar-refractivity contribution is 7.73. The first-order chi connectivity index (χ1) is 43.1. The van der Waals surface area contributed by atoms with Gasteiger partial charge in [-0.25, -0.2) is 0 Å². The third kappa shape index (κ3) is 66.4. The Bertz CT molecular complexity index is 1110. The van der Waals surface area contributed by atoms with E-state index in [4.69, 9.17) is 4.17 Å². The molecule has 0 unspecified atom stereocenters. The van der Waals surface area contributed by atoms with Crippen LogP contribution < -0.4 is 4.17 Å². The Balaban J connectivity index is 7.01. The van der Waals surface area contributed by atoms with Gasteiger partial charge in [0.2, 0.25) is 14.1 Å². The first kappa shape index (κ1) is 87.6. The van der Waals surface area contributed by atoms with Crippen LogP contribution in [0.25, 0.3) is 0 Å². The standard InChI is InChI=1S/C84H174NP2/c1-7-13-19-25-31-37-43-49-55-61-67-73-79-86(80-74-68-62-56-50-44-38-32-26-20-14-8-2,81-75-69-63-57-51-45-39-33-27-21-15-9-3)85-87(82-76-70-64-58-52-46-40-34-28-22-16-10-4,83-77-71-65-59-53-47-41-35-29-23-17-11-5)84-78-72-66-60-54-48-42-36-30-24-18-12-6/h7-84H2,1-6H3/q+1. The lowest BCUT2D eigenvalue weighted by molar-refractivity contribution is 0.546. The largest absolute Gasteiger partial charge is 0.216 e. The van der Waals surface area contributed by atoms with Crippen molar-refractivity contribution in [1.82, 2.24) is 4.17 Å². The zero-order valence-electron chi connectivity index (χ0n) is 62.5. The Morgan fingerprint density at radius 3 is 0.287 bits per heavy atom. The van der Waals surface area contributed by atoms with E-state index in [1.807, 2.05) is 0 Å². The van der Waals surface area contributed by atoms with E-state index in [1.165, 1.54) is 499 Å². The lowest BCUT2D eigenvalue weighted by atomic mass is 10.1. The summed E-state index contributed by atoms with van der Waals surface area (Å²) in [6.45, 7) is 14.2. The van der Waals surface area contributed by atoms with Gasteiger partial charge in [0.05, 0.1) is 0 Å². The Hall–Kier alpha value is 0.570. The molecule has 0 radical (unpaired) electrons. The lowest BCUT2D eigenvalue weighted by Gasteiger charge is -2.20. The molecule has 0 fully saturated rings. The van der Waals surface area contributed by atoms with Gasteiger partial charge < -0.3 is 0 Å². The molecule has 0 aromatic heterocycles. The van der Waals surface area contributed by atoms with Crippen molar-refractivity contribution in [2.45, 2.75) is 504 Å². The predicted octanol–water partition coefficient (Wildman–Crippen LogP) is 32.7. The zero-order valence-corrected chi connectivity index (χ0v) is 64.3. The summed E-state index contributed by atoms with van der Waals surface area (Å²) < 4.78 is 7.09. The second-order valence-corrected chi connectivity index (χ2v) is 37.7. The van der Waals surface area contributed by atoms with Crippen LogP contribution in [0.5, 0.6) is 0 Å². The minimum absolute atomic E-state index is 1.37. The van der Waals surface area contributed by atoms with Crippen LogP contribution in [-0.2, 0) is 0 Å². The molecular formula is C84H174NP2+. The van der Waals surface area contributed by atoms with Crippen molar-refractivity contribution in [2.75, 3.05) is 37.0 Å². The molecule has 0 spiro atoms. The van der Waals surface area contributed by atoms with E-state index in [9.17, 15) is 0 Å². The van der Waals surface area contributed by atoms with Crippen molar-refractivity contribution in [1.29, 1.82) is 0 Å². The van der Waals surface area contributed by atoms with E-state index in [0.717, 1.165) is 0 Å². The number of hydrogen-bond acceptors (Lipinski definition) is 0. The second kappa shape index (κ2) is 75.6. The summed E-state index contributed by atoms with van der Waals surface area (Å²) >= 11 is 0. The third-order valence-corrected chi connectivity index (χ3v) is 30.9. The van der Waals surface area contributed by atoms with Gasteiger partial charge in [-0.15, -0.1) is 0 Å². The molecule has 0 atom stereocenters. The average molecular weight is 1260 g/mol. The van der Waals surface area contributed by atoms with Gasteiger partial charge in [0.15, 0.2) is 0 Å². The topological polar surface area (TPSA) is 14.1 Å². The van der Waals surface area contributed by atoms with Crippen LogP contribution in [0.4, 0.5) is 0 Å². The van der Waals surface area contributed by atoms with Crippen LogP contribution in [0.3, 0.4) is 0 Å². The van der Waals surface area contributed by atoms with Crippen LogP contribution in [0.1, 0.15) is 504 Å². The van der Waals surface area contributed by atoms with Gasteiger partial charge in [-0.3, -0.25) is 0 Å². The number of unbranched alkanes of at least 4 members (excludes halogenated alkanes) is 66. The lowest BCUT2D eigenvalue weighted by Crippen LogP contribution is -2.10.